The molecule has 1 aromatic heterocycles. The summed E-state index contributed by atoms with van der Waals surface area (Å²) in [5, 5.41) is 3.77. The number of aryl methyl sites for hydroxylation is 1. The third kappa shape index (κ3) is 3.26. The maximum atomic E-state index is 12.0. The Morgan fingerprint density at radius 2 is 1.77 bits per heavy atom. The van der Waals surface area contributed by atoms with Crippen LogP contribution in [-0.4, -0.2) is 11.1 Å². The molecular weight excluding hydrogens is 346 g/mol. The molecule has 0 N–H and O–H groups in total. The van der Waals surface area contributed by atoms with Gasteiger partial charge in [-0.1, -0.05) is 50.9 Å². The number of rotatable bonds is 3. The number of carbonyl (C=O) groups excluding carboxylic acids is 1. The number of aromatic nitrogens is 1. The van der Waals surface area contributed by atoms with Gasteiger partial charge in [0.05, 0.1) is 0 Å². The molecule has 110 valence electrons. The molecule has 0 aliphatic carbocycles. The number of benzene rings is 2. The molecule has 2 aromatic carbocycles. The minimum absolute atomic E-state index is 0.137. The van der Waals surface area contributed by atoms with Crippen molar-refractivity contribution in [2.45, 2.75) is 6.92 Å². The Bertz CT molecular complexity index is 792. The van der Waals surface area contributed by atoms with E-state index in [0.29, 0.717) is 11.5 Å². The summed E-state index contributed by atoms with van der Waals surface area (Å²) in [7, 11) is 0. The Labute approximate surface area is 135 Å². The van der Waals surface area contributed by atoms with E-state index in [1.165, 1.54) is 0 Å². The smallest absolute Gasteiger partial charge is 0.365 e. The van der Waals surface area contributed by atoms with Crippen molar-refractivity contribution in [3.63, 3.8) is 0 Å². The van der Waals surface area contributed by atoms with Gasteiger partial charge in [0.25, 0.3) is 0 Å². The van der Waals surface area contributed by atoms with Crippen molar-refractivity contribution < 1.29 is 14.1 Å². The molecule has 0 fully saturated rings. The summed E-state index contributed by atoms with van der Waals surface area (Å²) in [5.74, 6) is 0.431. The van der Waals surface area contributed by atoms with Crippen LogP contribution in [-0.2, 0) is 0 Å². The highest BCUT2D eigenvalue weighted by Gasteiger charge is 2.15. The summed E-state index contributed by atoms with van der Waals surface area (Å²) >= 11 is 3.32. The monoisotopic (exact) mass is 357 g/mol. The molecule has 0 unspecified atom stereocenters. The largest absolute Gasteiger partial charge is 0.422 e. The highest BCUT2D eigenvalue weighted by Crippen LogP contribution is 2.22. The average Bonchev–Trinajstić information content (AvgIpc) is 3.00. The summed E-state index contributed by atoms with van der Waals surface area (Å²) in [6.45, 7) is 2.01. The Hall–Kier alpha value is -2.40. The molecule has 22 heavy (non-hydrogen) atoms. The summed E-state index contributed by atoms with van der Waals surface area (Å²) in [4.78, 5) is 12.0. The second kappa shape index (κ2) is 6.15. The lowest BCUT2D eigenvalue weighted by Gasteiger charge is -2.01. The third-order valence-corrected chi connectivity index (χ3v) is 3.61. The van der Waals surface area contributed by atoms with Crippen molar-refractivity contribution in [1.82, 2.24) is 5.16 Å². The summed E-state index contributed by atoms with van der Waals surface area (Å²) in [6.07, 6.45) is 0. The number of carbonyl (C=O) groups is 1. The van der Waals surface area contributed by atoms with Crippen molar-refractivity contribution in [2.75, 3.05) is 0 Å². The molecule has 0 bridgehead atoms. The van der Waals surface area contributed by atoms with Crippen LogP contribution < -0.4 is 4.74 Å². The van der Waals surface area contributed by atoms with Gasteiger partial charge in [-0.05, 0) is 31.2 Å². The summed E-state index contributed by atoms with van der Waals surface area (Å²) in [5.41, 5.74) is 2.15. The molecule has 3 rings (SSSR count). The molecule has 0 saturated carbocycles. The van der Waals surface area contributed by atoms with Crippen LogP contribution in [0.1, 0.15) is 16.1 Å². The van der Waals surface area contributed by atoms with E-state index in [-0.39, 0.29) is 5.69 Å². The SMILES string of the molecule is Cc1ccc(-c2cc(C(=O)Oc3ccc(Br)cc3)no2)cc1. The van der Waals surface area contributed by atoms with Crippen LogP contribution in [0.2, 0.25) is 0 Å². The van der Waals surface area contributed by atoms with Gasteiger partial charge in [-0.25, -0.2) is 4.79 Å². The van der Waals surface area contributed by atoms with Crippen molar-refractivity contribution in [2.24, 2.45) is 0 Å². The standard InChI is InChI=1S/C17H12BrNO3/c1-11-2-4-12(5-3-11)16-10-15(19-22-16)17(20)21-14-8-6-13(18)7-9-14/h2-10H,1H3. The maximum absolute atomic E-state index is 12.0. The van der Waals surface area contributed by atoms with E-state index >= 15 is 0 Å². The predicted molar refractivity (Wildman–Crippen MR) is 85.8 cm³/mol. The van der Waals surface area contributed by atoms with E-state index in [4.69, 9.17) is 9.26 Å². The molecule has 0 amide bonds. The molecule has 1 heterocycles. The Morgan fingerprint density at radius 3 is 2.45 bits per heavy atom. The van der Waals surface area contributed by atoms with E-state index in [1.54, 1.807) is 30.3 Å². The lowest BCUT2D eigenvalue weighted by Crippen LogP contribution is -2.08. The first-order valence-corrected chi connectivity index (χ1v) is 7.42. The van der Waals surface area contributed by atoms with Gasteiger partial charge in [0.1, 0.15) is 5.75 Å². The second-order valence-corrected chi connectivity index (χ2v) is 5.70. The minimum atomic E-state index is -0.551. The van der Waals surface area contributed by atoms with Crippen LogP contribution in [0.25, 0.3) is 11.3 Å². The number of esters is 1. The van der Waals surface area contributed by atoms with Gasteiger partial charge in [-0.2, -0.15) is 0 Å². The first-order chi connectivity index (χ1) is 10.6. The quantitative estimate of drug-likeness (QED) is 0.506. The highest BCUT2D eigenvalue weighted by atomic mass is 79.9. The molecule has 0 aliphatic rings. The van der Waals surface area contributed by atoms with Gasteiger partial charge < -0.3 is 9.26 Å². The summed E-state index contributed by atoms with van der Waals surface area (Å²) in [6, 6.07) is 16.3. The highest BCUT2D eigenvalue weighted by molar-refractivity contribution is 9.10. The Balaban J connectivity index is 1.76. The van der Waals surface area contributed by atoms with E-state index in [2.05, 4.69) is 21.1 Å². The van der Waals surface area contributed by atoms with E-state index in [9.17, 15) is 4.79 Å². The van der Waals surface area contributed by atoms with Gasteiger partial charge in [0.15, 0.2) is 11.5 Å². The van der Waals surface area contributed by atoms with Crippen molar-refractivity contribution in [3.8, 4) is 17.1 Å². The van der Waals surface area contributed by atoms with Gasteiger partial charge in [0, 0.05) is 16.1 Å². The van der Waals surface area contributed by atoms with Gasteiger partial charge >= 0.3 is 5.97 Å². The molecule has 3 aromatic rings. The van der Waals surface area contributed by atoms with Gasteiger partial charge in [-0.3, -0.25) is 0 Å². The number of nitrogens with zero attached hydrogens (tertiary/aromatic N) is 1. The molecular formula is C17H12BrNO3. The van der Waals surface area contributed by atoms with Gasteiger partial charge in [0.2, 0.25) is 0 Å². The maximum Gasteiger partial charge on any atom is 0.365 e. The molecule has 0 radical (unpaired) electrons. The van der Waals surface area contributed by atoms with E-state index in [1.807, 2.05) is 31.2 Å². The number of halogens is 1. The normalized spacial score (nSPS) is 10.5. The fraction of sp³-hybridized carbons (Fsp3) is 0.0588. The second-order valence-electron chi connectivity index (χ2n) is 4.79. The molecule has 5 heteroatoms. The first-order valence-electron chi connectivity index (χ1n) is 6.63. The van der Waals surface area contributed by atoms with Crippen LogP contribution in [0.3, 0.4) is 0 Å². The predicted octanol–water partition coefficient (Wildman–Crippen LogP) is 4.63. The lowest BCUT2D eigenvalue weighted by molar-refractivity contribution is 0.0724. The molecule has 0 atom stereocenters. The average molecular weight is 358 g/mol. The topological polar surface area (TPSA) is 52.3 Å². The third-order valence-electron chi connectivity index (χ3n) is 3.08. The molecule has 4 nitrogen and oxygen atoms in total. The van der Waals surface area contributed by atoms with Crippen LogP contribution in [0.15, 0.2) is 63.6 Å². The molecule has 0 aliphatic heterocycles. The van der Waals surface area contributed by atoms with E-state index in [0.717, 1.165) is 15.6 Å². The minimum Gasteiger partial charge on any atom is -0.422 e. The van der Waals surface area contributed by atoms with E-state index < -0.39 is 5.97 Å². The lowest BCUT2D eigenvalue weighted by atomic mass is 10.1. The molecule has 0 saturated heterocycles. The number of hydrogen-bond acceptors (Lipinski definition) is 4. The number of ether oxygens (including phenoxy) is 1. The van der Waals surface area contributed by atoms with Crippen LogP contribution in [0.4, 0.5) is 0 Å². The van der Waals surface area contributed by atoms with Crippen molar-refractivity contribution in [3.05, 3.63) is 70.3 Å². The van der Waals surface area contributed by atoms with Crippen molar-refractivity contribution >= 4 is 21.9 Å². The van der Waals surface area contributed by atoms with Crippen molar-refractivity contribution in [1.29, 1.82) is 0 Å². The fourth-order valence-electron chi connectivity index (χ4n) is 1.89. The zero-order valence-electron chi connectivity index (χ0n) is 11.7. The zero-order chi connectivity index (χ0) is 15.5. The zero-order valence-corrected chi connectivity index (χ0v) is 13.3. The first kappa shape index (κ1) is 14.5. The van der Waals surface area contributed by atoms with Crippen LogP contribution >= 0.6 is 15.9 Å². The van der Waals surface area contributed by atoms with Crippen LogP contribution in [0.5, 0.6) is 5.75 Å². The fourth-order valence-corrected chi connectivity index (χ4v) is 2.15. The Morgan fingerprint density at radius 1 is 1.09 bits per heavy atom. The Kier molecular flexibility index (Phi) is 4.06. The van der Waals surface area contributed by atoms with Gasteiger partial charge in [-0.15, -0.1) is 0 Å². The summed E-state index contributed by atoms with van der Waals surface area (Å²) < 4.78 is 11.4. The number of hydrogen-bond donors (Lipinski definition) is 0. The molecule has 0 spiro atoms. The van der Waals surface area contributed by atoms with Crippen LogP contribution in [0, 0.1) is 6.92 Å².